The second kappa shape index (κ2) is 4.47. The normalized spacial score (nSPS) is 11.8. The number of aromatic nitrogens is 2. The number of hydrogen-bond donors (Lipinski definition) is 2. The van der Waals surface area contributed by atoms with Crippen LogP contribution in [0, 0.1) is 6.92 Å². The van der Waals surface area contributed by atoms with Gasteiger partial charge in [0.15, 0.2) is 5.84 Å². The first kappa shape index (κ1) is 11.5. The monoisotopic (exact) mass is 250 g/mol. The van der Waals surface area contributed by atoms with Crippen LogP contribution < -0.4 is 5.73 Å². The average molecular weight is 251 g/mol. The number of amidine groups is 1. The Labute approximate surface area is 103 Å². The van der Waals surface area contributed by atoms with E-state index in [9.17, 15) is 0 Å². The highest BCUT2D eigenvalue weighted by Gasteiger charge is 2.13. The van der Waals surface area contributed by atoms with Gasteiger partial charge in [-0.1, -0.05) is 22.8 Å². The predicted molar refractivity (Wildman–Crippen MR) is 65.8 cm³/mol. The smallest absolute Gasteiger partial charge is 0.173 e. The van der Waals surface area contributed by atoms with Gasteiger partial charge in [0, 0.05) is 6.20 Å². The Balaban J connectivity index is 2.66. The van der Waals surface area contributed by atoms with E-state index in [1.54, 1.807) is 29.1 Å². The van der Waals surface area contributed by atoms with Crippen LogP contribution in [0.4, 0.5) is 0 Å². The molecule has 5 nitrogen and oxygen atoms in total. The largest absolute Gasteiger partial charge is 0.409 e. The molecule has 0 amide bonds. The summed E-state index contributed by atoms with van der Waals surface area (Å²) >= 11 is 6.05. The molecule has 0 saturated heterocycles. The van der Waals surface area contributed by atoms with Crippen LogP contribution in [0.2, 0.25) is 5.02 Å². The molecular formula is C11H11ClN4O. The molecule has 0 aliphatic carbocycles. The molecule has 0 spiro atoms. The number of rotatable bonds is 2. The Bertz CT molecular complexity index is 577. The topological polar surface area (TPSA) is 76.4 Å². The number of nitrogens with two attached hydrogens (primary N) is 1. The van der Waals surface area contributed by atoms with E-state index in [1.807, 2.05) is 13.1 Å². The first-order valence-electron chi connectivity index (χ1n) is 4.91. The summed E-state index contributed by atoms with van der Waals surface area (Å²) in [6.07, 6.45) is 3.55. The molecule has 0 aliphatic heterocycles. The van der Waals surface area contributed by atoms with Crippen LogP contribution in [0.1, 0.15) is 11.1 Å². The lowest BCUT2D eigenvalue weighted by Gasteiger charge is -2.09. The number of hydrogen-bond acceptors (Lipinski definition) is 3. The van der Waals surface area contributed by atoms with E-state index < -0.39 is 0 Å². The van der Waals surface area contributed by atoms with Crippen molar-refractivity contribution < 1.29 is 5.21 Å². The predicted octanol–water partition coefficient (Wildman–Crippen LogP) is 1.93. The van der Waals surface area contributed by atoms with Gasteiger partial charge in [-0.2, -0.15) is 5.10 Å². The van der Waals surface area contributed by atoms with Crippen molar-refractivity contribution in [2.24, 2.45) is 10.9 Å². The van der Waals surface area contributed by atoms with Gasteiger partial charge >= 0.3 is 0 Å². The Kier molecular flexibility index (Phi) is 3.01. The quantitative estimate of drug-likeness (QED) is 0.370. The minimum atomic E-state index is -0.0428. The van der Waals surface area contributed by atoms with E-state index >= 15 is 0 Å². The minimum absolute atomic E-state index is 0.0428. The molecule has 0 bridgehead atoms. The third kappa shape index (κ3) is 2.09. The third-order valence-corrected chi connectivity index (χ3v) is 2.63. The van der Waals surface area contributed by atoms with Crippen molar-refractivity contribution in [2.45, 2.75) is 6.92 Å². The van der Waals surface area contributed by atoms with Crippen molar-refractivity contribution in [3.8, 4) is 5.69 Å². The summed E-state index contributed by atoms with van der Waals surface area (Å²) in [7, 11) is 0. The maximum atomic E-state index is 8.76. The molecule has 2 aromatic rings. The summed E-state index contributed by atoms with van der Waals surface area (Å²) in [6, 6.07) is 5.25. The molecule has 88 valence electrons. The Morgan fingerprint density at radius 1 is 1.53 bits per heavy atom. The van der Waals surface area contributed by atoms with Crippen LogP contribution in [-0.4, -0.2) is 20.8 Å². The Morgan fingerprint density at radius 2 is 2.29 bits per heavy atom. The molecule has 0 saturated carbocycles. The van der Waals surface area contributed by atoms with Crippen LogP contribution in [0.15, 0.2) is 35.7 Å². The van der Waals surface area contributed by atoms with Crippen LogP contribution in [0.25, 0.3) is 5.69 Å². The van der Waals surface area contributed by atoms with Crippen LogP contribution in [0.3, 0.4) is 0 Å². The van der Waals surface area contributed by atoms with Crippen molar-refractivity contribution in [3.63, 3.8) is 0 Å². The third-order valence-electron chi connectivity index (χ3n) is 2.31. The minimum Gasteiger partial charge on any atom is -0.409 e. The van der Waals surface area contributed by atoms with E-state index in [-0.39, 0.29) is 5.84 Å². The lowest BCUT2D eigenvalue weighted by Crippen LogP contribution is -2.17. The number of halogens is 1. The zero-order chi connectivity index (χ0) is 12.4. The molecule has 0 radical (unpaired) electrons. The SMILES string of the molecule is Cc1cnn(-c2cccc(Cl)c2C(N)=NO)c1. The number of benzene rings is 1. The summed E-state index contributed by atoms with van der Waals surface area (Å²) < 4.78 is 1.63. The van der Waals surface area contributed by atoms with Gasteiger partial charge < -0.3 is 10.9 Å². The molecule has 1 aromatic heterocycles. The zero-order valence-corrected chi connectivity index (χ0v) is 9.89. The second-order valence-electron chi connectivity index (χ2n) is 3.58. The van der Waals surface area contributed by atoms with Crippen molar-refractivity contribution in [1.29, 1.82) is 0 Å². The number of aryl methyl sites for hydroxylation is 1. The van der Waals surface area contributed by atoms with Gasteiger partial charge in [-0.05, 0) is 24.6 Å². The molecular weight excluding hydrogens is 240 g/mol. The Hall–Kier alpha value is -2.01. The molecule has 2 rings (SSSR count). The van der Waals surface area contributed by atoms with Crippen molar-refractivity contribution in [2.75, 3.05) is 0 Å². The number of nitrogens with zero attached hydrogens (tertiary/aromatic N) is 3. The average Bonchev–Trinajstić information content (AvgIpc) is 2.74. The molecule has 0 atom stereocenters. The van der Waals surface area contributed by atoms with Crippen LogP contribution in [0.5, 0.6) is 0 Å². The van der Waals surface area contributed by atoms with Gasteiger partial charge in [-0.25, -0.2) is 4.68 Å². The molecule has 6 heteroatoms. The first-order chi connectivity index (χ1) is 8.13. The highest BCUT2D eigenvalue weighted by atomic mass is 35.5. The lowest BCUT2D eigenvalue weighted by molar-refractivity contribution is 0.318. The Morgan fingerprint density at radius 3 is 2.88 bits per heavy atom. The van der Waals surface area contributed by atoms with Crippen molar-refractivity contribution in [1.82, 2.24) is 9.78 Å². The van der Waals surface area contributed by atoms with Gasteiger partial charge in [-0.3, -0.25) is 0 Å². The fraction of sp³-hybridized carbons (Fsp3) is 0.0909. The van der Waals surface area contributed by atoms with E-state index in [0.29, 0.717) is 16.3 Å². The van der Waals surface area contributed by atoms with E-state index in [0.717, 1.165) is 5.56 Å². The van der Waals surface area contributed by atoms with Crippen LogP contribution >= 0.6 is 11.6 Å². The summed E-state index contributed by atoms with van der Waals surface area (Å²) in [6.45, 7) is 1.93. The van der Waals surface area contributed by atoms with Gasteiger partial charge in [0.05, 0.1) is 22.5 Å². The van der Waals surface area contributed by atoms with Crippen molar-refractivity contribution in [3.05, 3.63) is 46.7 Å². The van der Waals surface area contributed by atoms with Gasteiger partial charge in [0.2, 0.25) is 0 Å². The molecule has 0 fully saturated rings. The number of oxime groups is 1. The molecule has 1 aromatic carbocycles. The molecule has 3 N–H and O–H groups in total. The second-order valence-corrected chi connectivity index (χ2v) is 3.99. The molecule has 1 heterocycles. The fourth-order valence-electron chi connectivity index (χ4n) is 1.55. The zero-order valence-electron chi connectivity index (χ0n) is 9.13. The van der Waals surface area contributed by atoms with E-state index in [1.165, 1.54) is 0 Å². The maximum absolute atomic E-state index is 8.76. The van der Waals surface area contributed by atoms with Gasteiger partial charge in [0.1, 0.15) is 0 Å². The van der Waals surface area contributed by atoms with E-state index in [4.69, 9.17) is 22.5 Å². The van der Waals surface area contributed by atoms with E-state index in [2.05, 4.69) is 10.3 Å². The molecule has 17 heavy (non-hydrogen) atoms. The van der Waals surface area contributed by atoms with Crippen LogP contribution in [-0.2, 0) is 0 Å². The molecule has 0 unspecified atom stereocenters. The fourth-order valence-corrected chi connectivity index (χ4v) is 1.82. The first-order valence-corrected chi connectivity index (χ1v) is 5.29. The standard InChI is InChI=1S/C11H11ClN4O/c1-7-5-14-16(6-7)9-4-2-3-8(12)10(9)11(13)15-17/h2-6,17H,1H3,(H2,13,15). The summed E-state index contributed by atoms with van der Waals surface area (Å²) in [4.78, 5) is 0. The summed E-state index contributed by atoms with van der Waals surface area (Å²) in [5, 5.41) is 16.3. The highest BCUT2D eigenvalue weighted by molar-refractivity contribution is 6.34. The van der Waals surface area contributed by atoms with Gasteiger partial charge in [-0.15, -0.1) is 0 Å². The lowest BCUT2D eigenvalue weighted by atomic mass is 10.1. The molecule has 0 aliphatic rings. The maximum Gasteiger partial charge on any atom is 0.173 e. The highest BCUT2D eigenvalue weighted by Crippen LogP contribution is 2.22. The summed E-state index contributed by atoms with van der Waals surface area (Å²) in [5.41, 5.74) is 7.75. The van der Waals surface area contributed by atoms with Gasteiger partial charge in [0.25, 0.3) is 0 Å². The van der Waals surface area contributed by atoms with Crippen molar-refractivity contribution >= 4 is 17.4 Å². The summed E-state index contributed by atoms with van der Waals surface area (Å²) in [5.74, 6) is -0.0428.